The summed E-state index contributed by atoms with van der Waals surface area (Å²) in [6, 6.07) is 9.18. The highest BCUT2D eigenvalue weighted by atomic mass is 32.2. The van der Waals surface area contributed by atoms with E-state index >= 15 is 0 Å². The van der Waals surface area contributed by atoms with Crippen molar-refractivity contribution in [1.29, 1.82) is 0 Å². The number of benzene rings is 1. The molecule has 1 aromatic carbocycles. The molecule has 0 unspecified atom stereocenters. The Hall–Kier alpha value is -1.44. The lowest BCUT2D eigenvalue weighted by Crippen LogP contribution is -2.43. The Kier molecular flexibility index (Phi) is 6.80. The van der Waals surface area contributed by atoms with Gasteiger partial charge in [0, 0.05) is 25.9 Å². The predicted molar refractivity (Wildman–Crippen MR) is 82.8 cm³/mol. The molecule has 21 heavy (non-hydrogen) atoms. The van der Waals surface area contributed by atoms with Gasteiger partial charge < -0.3 is 9.64 Å². The van der Waals surface area contributed by atoms with Crippen LogP contribution in [-0.2, 0) is 19.6 Å². The SMILES string of the molecule is CCN(C(=O)CN(CCOC)S(C)(=O)=O)c1ccccc1. The highest BCUT2D eigenvalue weighted by Gasteiger charge is 2.23. The van der Waals surface area contributed by atoms with E-state index in [9.17, 15) is 13.2 Å². The molecule has 0 aliphatic heterocycles. The van der Waals surface area contributed by atoms with Crippen LogP contribution in [0.3, 0.4) is 0 Å². The monoisotopic (exact) mass is 314 g/mol. The number of rotatable bonds is 8. The number of nitrogens with zero attached hydrogens (tertiary/aromatic N) is 2. The van der Waals surface area contributed by atoms with Crippen molar-refractivity contribution in [3.63, 3.8) is 0 Å². The third-order valence-electron chi connectivity index (χ3n) is 3.01. The van der Waals surface area contributed by atoms with Crippen LogP contribution in [-0.4, -0.2) is 58.2 Å². The highest BCUT2D eigenvalue weighted by Crippen LogP contribution is 2.14. The average molecular weight is 314 g/mol. The molecule has 0 fully saturated rings. The maximum absolute atomic E-state index is 12.4. The second kappa shape index (κ2) is 8.11. The number of ether oxygens (including phenoxy) is 1. The number of hydrogen-bond acceptors (Lipinski definition) is 4. The van der Waals surface area contributed by atoms with Gasteiger partial charge in [-0.05, 0) is 19.1 Å². The first-order valence-electron chi connectivity index (χ1n) is 6.69. The zero-order valence-electron chi connectivity index (χ0n) is 12.7. The quantitative estimate of drug-likeness (QED) is 0.716. The van der Waals surface area contributed by atoms with Crippen molar-refractivity contribution in [3.05, 3.63) is 30.3 Å². The molecule has 0 saturated heterocycles. The summed E-state index contributed by atoms with van der Waals surface area (Å²) in [6.07, 6.45) is 1.09. The summed E-state index contributed by atoms with van der Waals surface area (Å²) in [4.78, 5) is 13.9. The summed E-state index contributed by atoms with van der Waals surface area (Å²) in [6.45, 7) is 2.55. The van der Waals surface area contributed by atoms with Crippen LogP contribution in [0, 0.1) is 0 Å². The number of likely N-dealkylation sites (N-methyl/N-ethyl adjacent to an activating group) is 1. The van der Waals surface area contributed by atoms with Crippen LogP contribution >= 0.6 is 0 Å². The average Bonchev–Trinajstić information content (AvgIpc) is 2.44. The number of sulfonamides is 1. The number of para-hydroxylation sites is 1. The van der Waals surface area contributed by atoms with Gasteiger partial charge in [-0.2, -0.15) is 4.31 Å². The fraction of sp³-hybridized carbons (Fsp3) is 0.500. The third-order valence-corrected chi connectivity index (χ3v) is 4.26. The summed E-state index contributed by atoms with van der Waals surface area (Å²) in [7, 11) is -1.96. The lowest BCUT2D eigenvalue weighted by atomic mass is 10.3. The largest absolute Gasteiger partial charge is 0.383 e. The van der Waals surface area contributed by atoms with E-state index in [1.807, 2.05) is 37.3 Å². The van der Waals surface area contributed by atoms with Gasteiger partial charge in [-0.3, -0.25) is 4.79 Å². The predicted octanol–water partition coefficient (Wildman–Crippen LogP) is 0.948. The van der Waals surface area contributed by atoms with Crippen LogP contribution in [0.1, 0.15) is 6.92 Å². The van der Waals surface area contributed by atoms with Gasteiger partial charge in [-0.1, -0.05) is 18.2 Å². The third kappa shape index (κ3) is 5.45. The second-order valence-corrected chi connectivity index (χ2v) is 6.55. The number of amides is 1. The van der Waals surface area contributed by atoms with Crippen molar-refractivity contribution < 1.29 is 17.9 Å². The van der Waals surface area contributed by atoms with E-state index < -0.39 is 10.0 Å². The summed E-state index contributed by atoms with van der Waals surface area (Å²) in [5.74, 6) is -0.259. The number of methoxy groups -OCH3 is 1. The highest BCUT2D eigenvalue weighted by molar-refractivity contribution is 7.88. The normalized spacial score (nSPS) is 11.6. The maximum Gasteiger partial charge on any atom is 0.242 e. The Labute approximate surface area is 126 Å². The zero-order valence-corrected chi connectivity index (χ0v) is 13.5. The first-order chi connectivity index (χ1) is 9.90. The van der Waals surface area contributed by atoms with E-state index in [0.717, 1.165) is 16.2 Å². The molecule has 0 saturated carbocycles. The minimum Gasteiger partial charge on any atom is -0.383 e. The van der Waals surface area contributed by atoms with Gasteiger partial charge >= 0.3 is 0 Å². The molecule has 0 heterocycles. The van der Waals surface area contributed by atoms with E-state index in [0.29, 0.717) is 6.54 Å². The molecular formula is C14H22N2O4S. The number of carbonyl (C=O) groups is 1. The molecule has 0 bridgehead atoms. The molecule has 6 nitrogen and oxygen atoms in total. The molecule has 0 N–H and O–H groups in total. The van der Waals surface area contributed by atoms with Crippen molar-refractivity contribution >= 4 is 21.6 Å². The molecule has 1 aromatic rings. The molecule has 0 aliphatic carbocycles. The van der Waals surface area contributed by atoms with Crippen molar-refractivity contribution in [2.45, 2.75) is 6.92 Å². The lowest BCUT2D eigenvalue weighted by Gasteiger charge is -2.25. The minimum atomic E-state index is -3.45. The van der Waals surface area contributed by atoms with Crippen molar-refractivity contribution in [2.75, 3.05) is 44.5 Å². The molecule has 118 valence electrons. The van der Waals surface area contributed by atoms with E-state index in [4.69, 9.17) is 4.74 Å². The van der Waals surface area contributed by atoms with E-state index in [1.165, 1.54) is 7.11 Å². The number of anilines is 1. The van der Waals surface area contributed by atoms with Crippen molar-refractivity contribution in [2.24, 2.45) is 0 Å². The van der Waals surface area contributed by atoms with Gasteiger partial charge in [-0.15, -0.1) is 0 Å². The smallest absolute Gasteiger partial charge is 0.242 e. The Morgan fingerprint density at radius 2 is 1.86 bits per heavy atom. The Balaban J connectivity index is 2.84. The molecule has 0 atom stereocenters. The zero-order chi connectivity index (χ0) is 15.9. The van der Waals surface area contributed by atoms with Crippen LogP contribution in [0.25, 0.3) is 0 Å². The minimum absolute atomic E-state index is 0.160. The first-order valence-corrected chi connectivity index (χ1v) is 8.54. The Morgan fingerprint density at radius 1 is 1.24 bits per heavy atom. The molecule has 0 radical (unpaired) electrons. The van der Waals surface area contributed by atoms with Crippen LogP contribution in [0.15, 0.2) is 30.3 Å². The molecule has 0 spiro atoms. The lowest BCUT2D eigenvalue weighted by molar-refractivity contribution is -0.118. The van der Waals surface area contributed by atoms with Gasteiger partial charge in [0.1, 0.15) is 0 Å². The molecule has 1 amide bonds. The fourth-order valence-corrected chi connectivity index (χ4v) is 2.65. The van der Waals surface area contributed by atoms with Crippen LogP contribution in [0.4, 0.5) is 5.69 Å². The summed E-state index contributed by atoms with van der Waals surface area (Å²) in [5.41, 5.74) is 0.755. The standard InChI is InChI=1S/C14H22N2O4S/c1-4-16(13-8-6-5-7-9-13)14(17)12-15(10-11-20-2)21(3,18)19/h5-9H,4,10-12H2,1-3H3. The van der Waals surface area contributed by atoms with Gasteiger partial charge in [0.25, 0.3) is 0 Å². The molecule has 0 aromatic heterocycles. The summed E-state index contributed by atoms with van der Waals surface area (Å²) in [5, 5.41) is 0. The molecular weight excluding hydrogens is 292 g/mol. The number of hydrogen-bond donors (Lipinski definition) is 0. The van der Waals surface area contributed by atoms with Crippen LogP contribution < -0.4 is 4.90 Å². The van der Waals surface area contributed by atoms with Crippen LogP contribution in [0.2, 0.25) is 0 Å². The number of carbonyl (C=O) groups excluding carboxylic acids is 1. The van der Waals surface area contributed by atoms with Gasteiger partial charge in [0.15, 0.2) is 0 Å². The van der Waals surface area contributed by atoms with E-state index in [1.54, 1.807) is 4.90 Å². The Bertz CT molecular complexity index is 545. The van der Waals surface area contributed by atoms with Gasteiger partial charge in [0.2, 0.25) is 15.9 Å². The van der Waals surface area contributed by atoms with Crippen LogP contribution in [0.5, 0.6) is 0 Å². The summed E-state index contributed by atoms with van der Waals surface area (Å²) >= 11 is 0. The van der Waals surface area contributed by atoms with Gasteiger partial charge in [-0.25, -0.2) is 8.42 Å². The molecule has 7 heteroatoms. The second-order valence-electron chi connectivity index (χ2n) is 4.56. The first kappa shape index (κ1) is 17.6. The van der Waals surface area contributed by atoms with E-state index in [2.05, 4.69) is 0 Å². The topological polar surface area (TPSA) is 66.9 Å². The van der Waals surface area contributed by atoms with Crippen molar-refractivity contribution in [3.8, 4) is 0 Å². The molecule has 0 aliphatic rings. The van der Waals surface area contributed by atoms with Gasteiger partial charge in [0.05, 0.1) is 19.4 Å². The van der Waals surface area contributed by atoms with Crippen molar-refractivity contribution in [1.82, 2.24) is 4.31 Å². The maximum atomic E-state index is 12.4. The Morgan fingerprint density at radius 3 is 2.33 bits per heavy atom. The fourth-order valence-electron chi connectivity index (χ4n) is 1.90. The summed E-state index contributed by atoms with van der Waals surface area (Å²) < 4.78 is 29.5. The molecule has 1 rings (SSSR count). The van der Waals surface area contributed by atoms with E-state index in [-0.39, 0.29) is 25.6 Å².